The van der Waals surface area contributed by atoms with Gasteiger partial charge in [-0.05, 0) is 7.05 Å². The molecule has 0 aromatic carbocycles. The van der Waals surface area contributed by atoms with Crippen molar-refractivity contribution in [2.45, 2.75) is 6.04 Å². The minimum absolute atomic E-state index is 0.0625. The molecule has 2 rings (SSSR count). The molecule has 2 heterocycles. The number of ketones is 1. The standard InChI is InChI=1S/C10H15N3O2/c1-11-9-5-15-4-7(9)10(14)8-3-13(2)6-12-8/h3,6-7,9,11H,4-5H2,1-2H3. The van der Waals surface area contributed by atoms with Crippen LogP contribution in [0.25, 0.3) is 0 Å². The van der Waals surface area contributed by atoms with Crippen LogP contribution in [-0.2, 0) is 11.8 Å². The summed E-state index contributed by atoms with van der Waals surface area (Å²) in [6.07, 6.45) is 3.38. The average Bonchev–Trinajstić information content (AvgIpc) is 2.84. The van der Waals surface area contributed by atoms with Crippen LogP contribution in [0.5, 0.6) is 0 Å². The van der Waals surface area contributed by atoms with Gasteiger partial charge in [-0.1, -0.05) is 0 Å². The topological polar surface area (TPSA) is 56.1 Å². The minimum Gasteiger partial charge on any atom is -0.379 e. The van der Waals surface area contributed by atoms with Crippen LogP contribution in [-0.4, -0.2) is 41.6 Å². The predicted octanol–water partition coefficient (Wildman–Crippen LogP) is -0.163. The first-order valence-electron chi connectivity index (χ1n) is 4.99. The number of aryl methyl sites for hydroxylation is 1. The smallest absolute Gasteiger partial charge is 0.189 e. The molecule has 0 radical (unpaired) electrons. The van der Waals surface area contributed by atoms with E-state index in [0.29, 0.717) is 18.9 Å². The Morgan fingerprint density at radius 2 is 2.47 bits per heavy atom. The minimum atomic E-state index is -0.107. The number of likely N-dealkylation sites (N-methyl/N-ethyl adjacent to an activating group) is 1. The Morgan fingerprint density at radius 3 is 3.07 bits per heavy atom. The summed E-state index contributed by atoms with van der Waals surface area (Å²) in [6, 6.07) is 0.111. The van der Waals surface area contributed by atoms with E-state index in [1.165, 1.54) is 0 Å². The average molecular weight is 209 g/mol. The molecule has 0 bridgehead atoms. The van der Waals surface area contributed by atoms with Crippen molar-refractivity contribution in [1.29, 1.82) is 0 Å². The van der Waals surface area contributed by atoms with E-state index >= 15 is 0 Å². The van der Waals surface area contributed by atoms with Crippen LogP contribution in [0.3, 0.4) is 0 Å². The van der Waals surface area contributed by atoms with Gasteiger partial charge in [0.05, 0.1) is 25.5 Å². The number of Topliss-reactive ketones (excluding diaryl/α,β-unsaturated/α-hetero) is 1. The van der Waals surface area contributed by atoms with E-state index in [2.05, 4.69) is 10.3 Å². The van der Waals surface area contributed by atoms with Crippen LogP contribution in [0.2, 0.25) is 0 Å². The SMILES string of the molecule is CNC1COCC1C(=O)c1cn(C)cn1. The summed E-state index contributed by atoms with van der Waals surface area (Å²) >= 11 is 0. The van der Waals surface area contributed by atoms with Gasteiger partial charge in [-0.3, -0.25) is 4.79 Å². The third-order valence-corrected chi connectivity index (χ3v) is 2.75. The molecule has 1 fully saturated rings. The molecule has 0 spiro atoms. The molecule has 5 nitrogen and oxygen atoms in total. The summed E-state index contributed by atoms with van der Waals surface area (Å²) in [5.41, 5.74) is 0.522. The third-order valence-electron chi connectivity index (χ3n) is 2.75. The molecule has 2 unspecified atom stereocenters. The molecule has 1 aliphatic rings. The lowest BCUT2D eigenvalue weighted by molar-refractivity contribution is 0.0887. The van der Waals surface area contributed by atoms with Crippen LogP contribution >= 0.6 is 0 Å². The molecular formula is C10H15N3O2. The zero-order valence-corrected chi connectivity index (χ0v) is 8.93. The maximum atomic E-state index is 12.0. The van der Waals surface area contributed by atoms with Crippen molar-refractivity contribution in [2.24, 2.45) is 13.0 Å². The highest BCUT2D eigenvalue weighted by Crippen LogP contribution is 2.17. The molecular weight excluding hydrogens is 194 g/mol. The lowest BCUT2D eigenvalue weighted by atomic mass is 9.97. The Bertz CT molecular complexity index is 361. The Morgan fingerprint density at radius 1 is 1.67 bits per heavy atom. The van der Waals surface area contributed by atoms with Crippen molar-refractivity contribution in [1.82, 2.24) is 14.9 Å². The maximum absolute atomic E-state index is 12.0. The number of hydrogen-bond acceptors (Lipinski definition) is 4. The second kappa shape index (κ2) is 4.12. The summed E-state index contributed by atoms with van der Waals surface area (Å²) in [6.45, 7) is 1.08. The predicted molar refractivity (Wildman–Crippen MR) is 54.7 cm³/mol. The van der Waals surface area contributed by atoms with Crippen molar-refractivity contribution >= 4 is 5.78 Å². The molecule has 0 amide bonds. The third kappa shape index (κ3) is 1.93. The van der Waals surface area contributed by atoms with Crippen molar-refractivity contribution < 1.29 is 9.53 Å². The van der Waals surface area contributed by atoms with E-state index in [1.54, 1.807) is 17.1 Å². The number of carbonyl (C=O) groups excluding carboxylic acids is 1. The van der Waals surface area contributed by atoms with Crippen LogP contribution in [0.15, 0.2) is 12.5 Å². The number of carbonyl (C=O) groups is 1. The zero-order valence-electron chi connectivity index (χ0n) is 8.93. The maximum Gasteiger partial charge on any atom is 0.189 e. The Labute approximate surface area is 88.4 Å². The number of nitrogens with zero attached hydrogens (tertiary/aromatic N) is 2. The van der Waals surface area contributed by atoms with Gasteiger partial charge < -0.3 is 14.6 Å². The van der Waals surface area contributed by atoms with Gasteiger partial charge in [-0.2, -0.15) is 0 Å². The molecule has 1 N–H and O–H groups in total. The van der Waals surface area contributed by atoms with Gasteiger partial charge in [0.1, 0.15) is 5.69 Å². The number of nitrogens with one attached hydrogen (secondary N) is 1. The molecule has 82 valence electrons. The lowest BCUT2D eigenvalue weighted by Crippen LogP contribution is -2.37. The molecule has 15 heavy (non-hydrogen) atoms. The highest BCUT2D eigenvalue weighted by Gasteiger charge is 2.34. The molecule has 5 heteroatoms. The second-order valence-corrected chi connectivity index (χ2v) is 3.83. The molecule has 1 aromatic rings. The van der Waals surface area contributed by atoms with Gasteiger partial charge in [0.25, 0.3) is 0 Å². The fraction of sp³-hybridized carbons (Fsp3) is 0.600. The van der Waals surface area contributed by atoms with Crippen LogP contribution in [0.1, 0.15) is 10.5 Å². The molecule has 1 aliphatic heterocycles. The Balaban J connectivity index is 2.13. The number of rotatable bonds is 3. The highest BCUT2D eigenvalue weighted by atomic mass is 16.5. The first kappa shape index (κ1) is 10.3. The molecule has 0 saturated carbocycles. The van der Waals surface area contributed by atoms with E-state index in [9.17, 15) is 4.79 Å². The monoisotopic (exact) mass is 209 g/mol. The first-order chi connectivity index (χ1) is 7.22. The van der Waals surface area contributed by atoms with Gasteiger partial charge in [0.2, 0.25) is 0 Å². The van der Waals surface area contributed by atoms with Gasteiger partial charge in [-0.25, -0.2) is 4.98 Å². The van der Waals surface area contributed by atoms with Crippen LogP contribution in [0, 0.1) is 5.92 Å². The largest absolute Gasteiger partial charge is 0.379 e. The second-order valence-electron chi connectivity index (χ2n) is 3.83. The quantitative estimate of drug-likeness (QED) is 0.703. The first-order valence-corrected chi connectivity index (χ1v) is 4.99. The van der Waals surface area contributed by atoms with Gasteiger partial charge in [0.15, 0.2) is 5.78 Å². The normalized spacial score (nSPS) is 25.7. The van der Waals surface area contributed by atoms with Crippen molar-refractivity contribution in [3.63, 3.8) is 0 Å². The summed E-state index contributed by atoms with van der Waals surface area (Å²) in [7, 11) is 3.70. The Hall–Kier alpha value is -1.20. The molecule has 1 saturated heterocycles. The summed E-state index contributed by atoms with van der Waals surface area (Å²) < 4.78 is 7.07. The van der Waals surface area contributed by atoms with Crippen LogP contribution in [0.4, 0.5) is 0 Å². The van der Waals surface area contributed by atoms with Gasteiger partial charge in [0, 0.05) is 19.3 Å². The fourth-order valence-electron chi connectivity index (χ4n) is 1.83. The van der Waals surface area contributed by atoms with Crippen LogP contribution < -0.4 is 5.32 Å². The number of aromatic nitrogens is 2. The van der Waals surface area contributed by atoms with E-state index in [4.69, 9.17) is 4.74 Å². The van der Waals surface area contributed by atoms with Gasteiger partial charge >= 0.3 is 0 Å². The zero-order chi connectivity index (χ0) is 10.8. The number of imidazole rings is 1. The number of hydrogen-bond donors (Lipinski definition) is 1. The van der Waals surface area contributed by atoms with Crippen molar-refractivity contribution in [3.05, 3.63) is 18.2 Å². The highest BCUT2D eigenvalue weighted by molar-refractivity contribution is 5.96. The van der Waals surface area contributed by atoms with E-state index in [-0.39, 0.29) is 17.7 Å². The summed E-state index contributed by atoms with van der Waals surface area (Å²) in [4.78, 5) is 16.1. The van der Waals surface area contributed by atoms with E-state index in [0.717, 1.165) is 0 Å². The molecule has 1 aromatic heterocycles. The van der Waals surface area contributed by atoms with E-state index < -0.39 is 0 Å². The molecule has 0 aliphatic carbocycles. The van der Waals surface area contributed by atoms with E-state index in [1.807, 2.05) is 14.1 Å². The van der Waals surface area contributed by atoms with Crippen molar-refractivity contribution in [3.8, 4) is 0 Å². The summed E-state index contributed by atoms with van der Waals surface area (Å²) in [5.74, 6) is -0.0441. The summed E-state index contributed by atoms with van der Waals surface area (Å²) in [5, 5.41) is 3.09. The van der Waals surface area contributed by atoms with Gasteiger partial charge in [-0.15, -0.1) is 0 Å². The fourth-order valence-corrected chi connectivity index (χ4v) is 1.83. The molecule has 2 atom stereocenters. The van der Waals surface area contributed by atoms with Crippen molar-refractivity contribution in [2.75, 3.05) is 20.3 Å². The lowest BCUT2D eigenvalue weighted by Gasteiger charge is -2.13. The number of ether oxygens (including phenoxy) is 1. The Kier molecular flexibility index (Phi) is 2.83.